The Bertz CT molecular complexity index is 476. The Labute approximate surface area is 114 Å². The van der Waals surface area contributed by atoms with Crippen molar-refractivity contribution in [3.63, 3.8) is 0 Å². The molecule has 0 radical (unpaired) electrons. The van der Waals surface area contributed by atoms with E-state index in [1.54, 1.807) is 0 Å². The number of aromatic nitrogens is 1. The number of carboxylic acids is 1. The summed E-state index contributed by atoms with van der Waals surface area (Å²) in [6.07, 6.45) is 4.09. The number of piperidine rings is 1. The van der Waals surface area contributed by atoms with Gasteiger partial charge in [-0.1, -0.05) is 0 Å². The van der Waals surface area contributed by atoms with Gasteiger partial charge in [0.1, 0.15) is 6.20 Å². The van der Waals surface area contributed by atoms with Gasteiger partial charge >= 0.3 is 11.0 Å². The summed E-state index contributed by atoms with van der Waals surface area (Å²) in [6, 6.07) is 0. The van der Waals surface area contributed by atoms with E-state index in [1.807, 2.05) is 4.90 Å². The second-order valence-corrected chi connectivity index (χ2v) is 5.61. The summed E-state index contributed by atoms with van der Waals surface area (Å²) in [5.41, 5.74) is 0. The van der Waals surface area contributed by atoms with Crippen molar-refractivity contribution in [2.75, 3.05) is 18.0 Å². The number of hydrogen-bond acceptors (Lipinski definition) is 6. The standard InChI is InChI=1S/C11H15N3O4S/c15-10(16)4-3-8-2-1-5-13(7-8)11-12-6-9(19-11)14(17)18/h6,8H,1-5,7H2,(H,15,16). The van der Waals surface area contributed by atoms with Crippen molar-refractivity contribution in [2.24, 2.45) is 5.92 Å². The molecule has 1 saturated heterocycles. The number of rotatable bonds is 5. The zero-order valence-electron chi connectivity index (χ0n) is 10.3. The van der Waals surface area contributed by atoms with E-state index in [0.717, 1.165) is 37.3 Å². The number of thiazole rings is 1. The van der Waals surface area contributed by atoms with E-state index >= 15 is 0 Å². The second kappa shape index (κ2) is 5.96. The molecular formula is C11H15N3O4S. The number of carbonyl (C=O) groups is 1. The van der Waals surface area contributed by atoms with E-state index < -0.39 is 10.9 Å². The van der Waals surface area contributed by atoms with Crippen molar-refractivity contribution < 1.29 is 14.8 Å². The van der Waals surface area contributed by atoms with E-state index in [0.29, 0.717) is 17.5 Å². The topological polar surface area (TPSA) is 96.6 Å². The molecule has 7 nitrogen and oxygen atoms in total. The molecule has 2 rings (SSSR count). The lowest BCUT2D eigenvalue weighted by molar-refractivity contribution is -0.380. The predicted octanol–water partition coefficient (Wildman–Crippen LogP) is 2.13. The maximum atomic E-state index is 10.6. The van der Waals surface area contributed by atoms with Crippen LogP contribution in [0.2, 0.25) is 0 Å². The molecule has 19 heavy (non-hydrogen) atoms. The number of nitro groups is 1. The number of nitrogens with zero attached hydrogens (tertiary/aromatic N) is 3. The van der Waals surface area contributed by atoms with E-state index in [1.165, 1.54) is 6.20 Å². The normalized spacial score (nSPS) is 19.4. The molecule has 8 heteroatoms. The summed E-state index contributed by atoms with van der Waals surface area (Å²) in [5, 5.41) is 20.0. The van der Waals surface area contributed by atoms with Gasteiger partial charge in [0, 0.05) is 19.5 Å². The van der Waals surface area contributed by atoms with Gasteiger partial charge in [0.05, 0.1) is 4.92 Å². The molecular weight excluding hydrogens is 270 g/mol. The third-order valence-corrected chi connectivity index (χ3v) is 4.23. The molecule has 1 aromatic rings. The lowest BCUT2D eigenvalue weighted by atomic mass is 9.94. The van der Waals surface area contributed by atoms with Crippen LogP contribution in [-0.2, 0) is 4.79 Å². The number of hydrogen-bond donors (Lipinski definition) is 1. The Morgan fingerprint density at radius 3 is 3.11 bits per heavy atom. The molecule has 0 spiro atoms. The summed E-state index contributed by atoms with van der Waals surface area (Å²) < 4.78 is 0. The van der Waals surface area contributed by atoms with Gasteiger partial charge in [-0.25, -0.2) is 4.98 Å². The zero-order chi connectivity index (χ0) is 13.8. The van der Waals surface area contributed by atoms with E-state index in [2.05, 4.69) is 4.98 Å². The fourth-order valence-corrected chi connectivity index (χ4v) is 3.06. The van der Waals surface area contributed by atoms with Crippen molar-refractivity contribution in [3.05, 3.63) is 16.3 Å². The Morgan fingerprint density at radius 1 is 1.68 bits per heavy atom. The lowest BCUT2D eigenvalue weighted by Gasteiger charge is -2.32. The first-order valence-corrected chi connectivity index (χ1v) is 6.95. The first kappa shape index (κ1) is 13.7. The van der Waals surface area contributed by atoms with Crippen LogP contribution in [0.25, 0.3) is 0 Å². The lowest BCUT2D eigenvalue weighted by Crippen LogP contribution is -2.35. The average molecular weight is 285 g/mol. The van der Waals surface area contributed by atoms with E-state index in [-0.39, 0.29) is 11.4 Å². The SMILES string of the molecule is O=C(O)CCC1CCCN(c2ncc([N+](=O)[O-])s2)C1. The van der Waals surface area contributed by atoms with Crippen LogP contribution in [0.3, 0.4) is 0 Å². The molecule has 1 aromatic heterocycles. The minimum Gasteiger partial charge on any atom is -0.481 e. The number of anilines is 1. The highest BCUT2D eigenvalue weighted by Gasteiger charge is 2.24. The minimum atomic E-state index is -0.776. The highest BCUT2D eigenvalue weighted by molar-refractivity contribution is 7.18. The monoisotopic (exact) mass is 285 g/mol. The zero-order valence-corrected chi connectivity index (χ0v) is 11.1. The van der Waals surface area contributed by atoms with Crippen molar-refractivity contribution in [2.45, 2.75) is 25.7 Å². The maximum Gasteiger partial charge on any atom is 0.345 e. The average Bonchev–Trinajstić information content (AvgIpc) is 2.86. The molecule has 1 unspecified atom stereocenters. The quantitative estimate of drug-likeness (QED) is 0.657. The van der Waals surface area contributed by atoms with Gasteiger partial charge in [0.2, 0.25) is 0 Å². The highest BCUT2D eigenvalue weighted by Crippen LogP contribution is 2.32. The molecule has 1 N–H and O–H groups in total. The third-order valence-electron chi connectivity index (χ3n) is 3.22. The molecule has 2 heterocycles. The molecule has 0 saturated carbocycles. The molecule has 0 bridgehead atoms. The largest absolute Gasteiger partial charge is 0.481 e. The van der Waals surface area contributed by atoms with Crippen LogP contribution in [0.5, 0.6) is 0 Å². The van der Waals surface area contributed by atoms with Crippen molar-refractivity contribution in [3.8, 4) is 0 Å². The molecule has 0 aliphatic carbocycles. The predicted molar refractivity (Wildman–Crippen MR) is 70.6 cm³/mol. The molecule has 1 aliphatic rings. The van der Waals surface area contributed by atoms with E-state index in [4.69, 9.17) is 5.11 Å². The Morgan fingerprint density at radius 2 is 2.47 bits per heavy atom. The third kappa shape index (κ3) is 3.63. The second-order valence-electron chi connectivity index (χ2n) is 4.62. The minimum absolute atomic E-state index is 0.0441. The summed E-state index contributed by atoms with van der Waals surface area (Å²) in [7, 11) is 0. The summed E-state index contributed by atoms with van der Waals surface area (Å²) in [6.45, 7) is 1.56. The molecule has 104 valence electrons. The van der Waals surface area contributed by atoms with Crippen molar-refractivity contribution in [1.82, 2.24) is 4.98 Å². The van der Waals surface area contributed by atoms with Crippen molar-refractivity contribution >= 4 is 27.4 Å². The van der Waals surface area contributed by atoms with Gasteiger partial charge < -0.3 is 10.0 Å². The first-order chi connectivity index (χ1) is 9.06. The smallest absolute Gasteiger partial charge is 0.345 e. The Kier molecular flexibility index (Phi) is 4.31. The van der Waals surface area contributed by atoms with Gasteiger partial charge in [0.25, 0.3) is 0 Å². The molecule has 1 atom stereocenters. The summed E-state index contributed by atoms with van der Waals surface area (Å²) in [5.74, 6) is -0.449. The van der Waals surface area contributed by atoms with Gasteiger partial charge in [-0.15, -0.1) is 0 Å². The highest BCUT2D eigenvalue weighted by atomic mass is 32.1. The fraction of sp³-hybridized carbons (Fsp3) is 0.636. The molecule has 0 aromatic carbocycles. The number of carboxylic acid groups (broad SMARTS) is 1. The van der Waals surface area contributed by atoms with Crippen LogP contribution in [0.4, 0.5) is 10.1 Å². The van der Waals surface area contributed by atoms with E-state index in [9.17, 15) is 14.9 Å². The van der Waals surface area contributed by atoms with Crippen LogP contribution in [0.1, 0.15) is 25.7 Å². The van der Waals surface area contributed by atoms with Crippen molar-refractivity contribution in [1.29, 1.82) is 0 Å². The first-order valence-electron chi connectivity index (χ1n) is 6.13. The fourth-order valence-electron chi connectivity index (χ4n) is 2.29. The van der Waals surface area contributed by atoms with Gasteiger partial charge in [-0.2, -0.15) is 0 Å². The van der Waals surface area contributed by atoms with Gasteiger partial charge in [-0.3, -0.25) is 14.9 Å². The molecule has 1 fully saturated rings. The van der Waals surface area contributed by atoms with Crippen LogP contribution < -0.4 is 4.90 Å². The Hall–Kier alpha value is -1.70. The molecule has 0 amide bonds. The molecule has 1 aliphatic heterocycles. The summed E-state index contributed by atoms with van der Waals surface area (Å²) in [4.78, 5) is 26.9. The van der Waals surface area contributed by atoms with Crippen LogP contribution in [0.15, 0.2) is 6.20 Å². The van der Waals surface area contributed by atoms with Gasteiger partial charge in [0.15, 0.2) is 5.13 Å². The van der Waals surface area contributed by atoms with Gasteiger partial charge in [-0.05, 0) is 36.5 Å². The van der Waals surface area contributed by atoms with Crippen LogP contribution in [0, 0.1) is 16.0 Å². The van der Waals surface area contributed by atoms with Crippen LogP contribution >= 0.6 is 11.3 Å². The Balaban J connectivity index is 1.96. The maximum absolute atomic E-state index is 10.6. The number of aliphatic carboxylic acids is 1. The summed E-state index contributed by atoms with van der Waals surface area (Å²) >= 11 is 1.07. The van der Waals surface area contributed by atoms with Crippen LogP contribution in [-0.4, -0.2) is 34.1 Å².